The van der Waals surface area contributed by atoms with Crippen LogP contribution < -0.4 is 0 Å². The molecule has 1 amide bonds. The molecular formula is C15H17BrFNO4. The normalized spacial score (nSPS) is 21.5. The second kappa shape index (κ2) is 7.19. The summed E-state index contributed by atoms with van der Waals surface area (Å²) in [4.78, 5) is 25.5. The predicted octanol–water partition coefficient (Wildman–Crippen LogP) is 2.38. The summed E-state index contributed by atoms with van der Waals surface area (Å²) >= 11 is 3.11. The van der Waals surface area contributed by atoms with E-state index in [0.29, 0.717) is 17.6 Å². The van der Waals surface area contributed by atoms with Crippen molar-refractivity contribution >= 4 is 27.8 Å². The van der Waals surface area contributed by atoms with Crippen molar-refractivity contribution < 1.29 is 23.5 Å². The Balaban J connectivity index is 1.91. The van der Waals surface area contributed by atoms with E-state index in [1.54, 1.807) is 4.90 Å². The molecule has 0 aliphatic carbocycles. The van der Waals surface area contributed by atoms with Gasteiger partial charge in [-0.1, -0.05) is 15.9 Å². The molecule has 5 nitrogen and oxygen atoms in total. The molecule has 1 heterocycles. The number of morpholine rings is 1. The Morgan fingerprint density at radius 3 is 2.59 bits per heavy atom. The first kappa shape index (κ1) is 16.9. The molecule has 0 saturated carbocycles. The van der Waals surface area contributed by atoms with E-state index in [9.17, 15) is 14.0 Å². The first-order valence-electron chi connectivity index (χ1n) is 6.92. The standard InChI is InChI=1S/C15H17BrFNO4/c1-9-6-18(7-10(2)22-9)14(19)8-21-15(20)12-4-3-11(16)5-13(12)17/h3-5,9-10H,6-8H2,1-2H3/t9-,10+. The zero-order chi connectivity index (χ0) is 16.3. The Kier molecular flexibility index (Phi) is 5.52. The first-order valence-corrected chi connectivity index (χ1v) is 7.71. The fourth-order valence-corrected chi connectivity index (χ4v) is 2.67. The van der Waals surface area contributed by atoms with Crippen molar-refractivity contribution in [3.8, 4) is 0 Å². The highest BCUT2D eigenvalue weighted by atomic mass is 79.9. The molecule has 120 valence electrons. The third-order valence-electron chi connectivity index (χ3n) is 3.25. The molecule has 22 heavy (non-hydrogen) atoms. The molecule has 0 aromatic heterocycles. The number of hydrogen-bond acceptors (Lipinski definition) is 4. The van der Waals surface area contributed by atoms with Crippen molar-refractivity contribution in [2.75, 3.05) is 19.7 Å². The summed E-state index contributed by atoms with van der Waals surface area (Å²) in [5.74, 6) is -1.86. The van der Waals surface area contributed by atoms with Gasteiger partial charge in [0.15, 0.2) is 6.61 Å². The number of amides is 1. The van der Waals surface area contributed by atoms with Crippen LogP contribution in [0.5, 0.6) is 0 Å². The minimum atomic E-state index is -0.854. The second-order valence-corrected chi connectivity index (χ2v) is 6.17. The summed E-state index contributed by atoms with van der Waals surface area (Å²) in [5, 5.41) is 0. The van der Waals surface area contributed by atoms with Crippen molar-refractivity contribution in [3.63, 3.8) is 0 Å². The average Bonchev–Trinajstić information content (AvgIpc) is 2.43. The molecule has 0 spiro atoms. The van der Waals surface area contributed by atoms with Gasteiger partial charge in [0.1, 0.15) is 5.82 Å². The average molecular weight is 374 g/mol. The molecule has 1 aliphatic rings. The van der Waals surface area contributed by atoms with Gasteiger partial charge >= 0.3 is 5.97 Å². The Bertz CT molecular complexity index is 571. The van der Waals surface area contributed by atoms with Crippen LogP contribution in [0.3, 0.4) is 0 Å². The van der Waals surface area contributed by atoms with Gasteiger partial charge in [-0.3, -0.25) is 4.79 Å². The summed E-state index contributed by atoms with van der Waals surface area (Å²) in [6.45, 7) is 4.24. The van der Waals surface area contributed by atoms with E-state index in [1.165, 1.54) is 18.2 Å². The number of halogens is 2. The SMILES string of the molecule is C[C@@H]1CN(C(=O)COC(=O)c2ccc(Br)cc2F)C[C@H](C)O1. The molecule has 7 heteroatoms. The molecule has 1 aromatic rings. The highest BCUT2D eigenvalue weighted by Crippen LogP contribution is 2.16. The molecule has 1 aromatic carbocycles. The van der Waals surface area contributed by atoms with Gasteiger partial charge in [-0.15, -0.1) is 0 Å². The number of benzene rings is 1. The van der Waals surface area contributed by atoms with Crippen LogP contribution in [0.2, 0.25) is 0 Å². The van der Waals surface area contributed by atoms with Crippen LogP contribution >= 0.6 is 15.9 Å². The minimum absolute atomic E-state index is 0.0627. The number of carbonyl (C=O) groups is 2. The maximum absolute atomic E-state index is 13.6. The van der Waals surface area contributed by atoms with Gasteiger partial charge in [0, 0.05) is 17.6 Å². The molecule has 0 bridgehead atoms. The van der Waals surface area contributed by atoms with Crippen LogP contribution in [-0.4, -0.2) is 48.7 Å². The maximum atomic E-state index is 13.6. The van der Waals surface area contributed by atoms with Gasteiger partial charge in [0.2, 0.25) is 0 Å². The van der Waals surface area contributed by atoms with E-state index < -0.39 is 18.4 Å². The molecule has 1 saturated heterocycles. The minimum Gasteiger partial charge on any atom is -0.452 e. The summed E-state index contributed by atoms with van der Waals surface area (Å²) in [7, 11) is 0. The van der Waals surface area contributed by atoms with Crippen LogP contribution in [-0.2, 0) is 14.3 Å². The van der Waals surface area contributed by atoms with Gasteiger partial charge in [0.25, 0.3) is 5.91 Å². The smallest absolute Gasteiger partial charge is 0.341 e. The van der Waals surface area contributed by atoms with E-state index >= 15 is 0 Å². The van der Waals surface area contributed by atoms with Crippen molar-refractivity contribution in [2.45, 2.75) is 26.1 Å². The van der Waals surface area contributed by atoms with Crippen LogP contribution in [0.1, 0.15) is 24.2 Å². The van der Waals surface area contributed by atoms with Crippen LogP contribution in [0.15, 0.2) is 22.7 Å². The van der Waals surface area contributed by atoms with Gasteiger partial charge < -0.3 is 14.4 Å². The van der Waals surface area contributed by atoms with Crippen molar-refractivity contribution in [1.29, 1.82) is 0 Å². The van der Waals surface area contributed by atoms with E-state index in [0.717, 1.165) is 0 Å². The number of hydrogen-bond donors (Lipinski definition) is 0. The topological polar surface area (TPSA) is 55.8 Å². The molecular weight excluding hydrogens is 357 g/mol. The Hall–Kier alpha value is -1.47. The van der Waals surface area contributed by atoms with Crippen molar-refractivity contribution in [2.24, 2.45) is 0 Å². The molecule has 1 aliphatic heterocycles. The molecule has 2 atom stereocenters. The monoisotopic (exact) mass is 373 g/mol. The van der Waals surface area contributed by atoms with Gasteiger partial charge in [-0.05, 0) is 32.0 Å². The van der Waals surface area contributed by atoms with E-state index in [-0.39, 0.29) is 23.7 Å². The van der Waals surface area contributed by atoms with Crippen molar-refractivity contribution in [3.05, 3.63) is 34.1 Å². The highest BCUT2D eigenvalue weighted by molar-refractivity contribution is 9.10. The lowest BCUT2D eigenvalue weighted by atomic mass is 10.2. The molecule has 2 rings (SSSR count). The Morgan fingerprint density at radius 1 is 1.36 bits per heavy atom. The van der Waals surface area contributed by atoms with Crippen LogP contribution in [0.25, 0.3) is 0 Å². The van der Waals surface area contributed by atoms with Crippen LogP contribution in [0, 0.1) is 5.82 Å². The quantitative estimate of drug-likeness (QED) is 0.763. The van der Waals surface area contributed by atoms with E-state index in [2.05, 4.69) is 15.9 Å². The number of carbonyl (C=O) groups excluding carboxylic acids is 2. The van der Waals surface area contributed by atoms with E-state index in [4.69, 9.17) is 9.47 Å². The van der Waals surface area contributed by atoms with Crippen LogP contribution in [0.4, 0.5) is 4.39 Å². The summed E-state index contributed by atoms with van der Waals surface area (Å²) < 4.78 is 24.6. The number of nitrogens with zero attached hydrogens (tertiary/aromatic N) is 1. The lowest BCUT2D eigenvalue weighted by molar-refractivity contribution is -0.146. The summed E-state index contributed by atoms with van der Waals surface area (Å²) in [6.07, 6.45) is -0.125. The summed E-state index contributed by atoms with van der Waals surface area (Å²) in [5.41, 5.74) is -0.195. The second-order valence-electron chi connectivity index (χ2n) is 5.26. The largest absolute Gasteiger partial charge is 0.452 e. The Morgan fingerprint density at radius 2 is 2.00 bits per heavy atom. The maximum Gasteiger partial charge on any atom is 0.341 e. The van der Waals surface area contributed by atoms with Crippen molar-refractivity contribution in [1.82, 2.24) is 4.90 Å². The lowest BCUT2D eigenvalue weighted by Crippen LogP contribution is -2.49. The number of esters is 1. The predicted molar refractivity (Wildman–Crippen MR) is 81.0 cm³/mol. The summed E-state index contributed by atoms with van der Waals surface area (Å²) in [6, 6.07) is 4.02. The zero-order valence-electron chi connectivity index (χ0n) is 12.3. The highest BCUT2D eigenvalue weighted by Gasteiger charge is 2.26. The van der Waals surface area contributed by atoms with Gasteiger partial charge in [-0.25, -0.2) is 9.18 Å². The molecule has 0 N–H and O–H groups in total. The third-order valence-corrected chi connectivity index (χ3v) is 3.74. The third kappa shape index (κ3) is 4.27. The molecule has 0 unspecified atom stereocenters. The zero-order valence-corrected chi connectivity index (χ0v) is 13.9. The fourth-order valence-electron chi connectivity index (χ4n) is 2.33. The van der Waals surface area contributed by atoms with Gasteiger partial charge in [0.05, 0.1) is 17.8 Å². The number of rotatable bonds is 3. The van der Waals surface area contributed by atoms with E-state index in [1.807, 2.05) is 13.8 Å². The number of ether oxygens (including phenoxy) is 2. The van der Waals surface area contributed by atoms with Gasteiger partial charge in [-0.2, -0.15) is 0 Å². The lowest BCUT2D eigenvalue weighted by Gasteiger charge is -2.35. The Labute approximate surface area is 136 Å². The first-order chi connectivity index (χ1) is 10.4. The molecule has 1 fully saturated rings. The molecule has 0 radical (unpaired) electrons. The fraction of sp³-hybridized carbons (Fsp3) is 0.467.